The van der Waals surface area contributed by atoms with Crippen LogP contribution >= 0.6 is 7.82 Å². The summed E-state index contributed by atoms with van der Waals surface area (Å²) in [6.07, 6.45) is 4.69. The molecular weight excluding hydrogens is 451 g/mol. The third-order valence-corrected chi connectivity index (χ3v) is 5.30. The van der Waals surface area contributed by atoms with Crippen molar-refractivity contribution in [2.45, 2.75) is 0 Å². The van der Waals surface area contributed by atoms with Gasteiger partial charge in [0.05, 0.1) is 39.8 Å². The molecule has 0 radical (unpaired) electrons. The maximum absolute atomic E-state index is 12.4. The molecule has 0 aromatic heterocycles. The molecule has 0 atom stereocenters. The number of phosphoric acid groups is 1. The second-order valence-corrected chi connectivity index (χ2v) is 8.79. The van der Waals surface area contributed by atoms with E-state index in [1.54, 1.807) is 12.1 Å². The van der Waals surface area contributed by atoms with Gasteiger partial charge >= 0.3 is 7.82 Å². The fourth-order valence-electron chi connectivity index (χ4n) is 2.28. The number of hydrogen-bond donors (Lipinski definition) is 2. The number of allylic oxidation sites excluding steroid dienone is 2. The summed E-state index contributed by atoms with van der Waals surface area (Å²) >= 11 is 0. The first kappa shape index (κ1) is 26.3. The summed E-state index contributed by atoms with van der Waals surface area (Å²) in [5, 5.41) is 0.960. The predicted molar refractivity (Wildman–Crippen MR) is 115 cm³/mol. The van der Waals surface area contributed by atoms with Gasteiger partial charge in [0, 0.05) is 17.5 Å². The highest BCUT2D eigenvalue weighted by Gasteiger charge is 2.19. The van der Waals surface area contributed by atoms with Crippen LogP contribution < -0.4 is 14.2 Å². The molecule has 1 aromatic carbocycles. The van der Waals surface area contributed by atoms with Gasteiger partial charge in [0.25, 0.3) is 0 Å². The van der Waals surface area contributed by atoms with Gasteiger partial charge in [-0.3, -0.25) is 9.79 Å². The highest BCUT2D eigenvalue weighted by atomic mass is 32.2. The molecule has 0 bridgehead atoms. The molecule has 172 valence electrons. The van der Waals surface area contributed by atoms with E-state index in [2.05, 4.69) is 11.1 Å². The smallest absolute Gasteiger partial charge is 0.496 e. The fraction of sp³-hybridized carbons (Fsp3) is 0.263. The molecule has 0 amide bonds. The average molecular weight is 476 g/mol. The van der Waals surface area contributed by atoms with Crippen molar-refractivity contribution >= 4 is 23.7 Å². The van der Waals surface area contributed by atoms with Gasteiger partial charge in [-0.1, -0.05) is 12.7 Å². The highest BCUT2D eigenvalue weighted by Crippen LogP contribution is 2.40. The number of ether oxygens (including phenoxy) is 4. The second kappa shape index (κ2) is 11.6. The summed E-state index contributed by atoms with van der Waals surface area (Å²) in [5.41, 5.74) is 0.386. The topological polar surface area (TPSA) is 138 Å². The van der Waals surface area contributed by atoms with Crippen LogP contribution in [0.15, 0.2) is 53.9 Å². The number of benzene rings is 1. The molecule has 10 nitrogen and oxygen atoms in total. The van der Waals surface area contributed by atoms with Crippen molar-refractivity contribution in [1.82, 2.24) is 0 Å². The quantitative estimate of drug-likeness (QED) is 0.263. The molecular formula is C19H25O10PS. The third-order valence-electron chi connectivity index (χ3n) is 3.66. The van der Waals surface area contributed by atoms with Crippen LogP contribution in [0.3, 0.4) is 0 Å². The number of rotatable bonds is 12. The minimum Gasteiger partial charge on any atom is -0.496 e. The van der Waals surface area contributed by atoms with Crippen LogP contribution in [0.4, 0.5) is 0 Å². The van der Waals surface area contributed by atoms with Crippen LogP contribution in [0.2, 0.25) is 0 Å². The minimum atomic E-state index is -4.90. The van der Waals surface area contributed by atoms with Crippen molar-refractivity contribution in [3.05, 3.63) is 59.4 Å². The van der Waals surface area contributed by atoms with E-state index in [0.717, 1.165) is 23.6 Å². The zero-order chi connectivity index (χ0) is 23.7. The van der Waals surface area contributed by atoms with Gasteiger partial charge < -0.3 is 23.5 Å². The predicted octanol–water partition coefficient (Wildman–Crippen LogP) is 2.81. The van der Waals surface area contributed by atoms with Gasteiger partial charge in [0.2, 0.25) is 0 Å². The number of methoxy groups -OCH3 is 4. The number of sulfone groups is 1. The Bertz CT molecular complexity index is 993. The Morgan fingerprint density at radius 3 is 2.06 bits per heavy atom. The van der Waals surface area contributed by atoms with E-state index in [-0.39, 0.29) is 11.5 Å². The lowest BCUT2D eigenvalue weighted by molar-refractivity contribution is 0.225. The van der Waals surface area contributed by atoms with Crippen LogP contribution in [0, 0.1) is 0 Å². The standard InChI is InChI=1S/C19H25O10PS/c1-6-16(26-3)17(29-30(20,21)22)8-7-10-31(23,24)11-9-15-18(27-4)12-14(25-2)13-19(15)28-5/h6-9,11-13H,1,10H2,2-5H3,(H2,20,21,22)/b8-7+,11-9+,17-16-. The van der Waals surface area contributed by atoms with Gasteiger partial charge in [-0.15, -0.1) is 0 Å². The van der Waals surface area contributed by atoms with Crippen molar-refractivity contribution in [2.75, 3.05) is 34.2 Å². The average Bonchev–Trinajstić information content (AvgIpc) is 2.71. The molecule has 1 aromatic rings. The van der Waals surface area contributed by atoms with Crippen LogP contribution in [-0.4, -0.2) is 52.4 Å². The van der Waals surface area contributed by atoms with Gasteiger partial charge in [0.1, 0.15) is 17.2 Å². The Labute approximate surface area is 181 Å². The van der Waals surface area contributed by atoms with Gasteiger partial charge in [-0.2, -0.15) is 0 Å². The zero-order valence-corrected chi connectivity index (χ0v) is 19.2. The molecule has 31 heavy (non-hydrogen) atoms. The summed E-state index contributed by atoms with van der Waals surface area (Å²) in [5.74, 6) is 0.205. The first-order chi connectivity index (χ1) is 14.5. The molecule has 0 heterocycles. The maximum Gasteiger partial charge on any atom is 0.524 e. The van der Waals surface area contributed by atoms with Gasteiger partial charge in [-0.25, -0.2) is 13.0 Å². The first-order valence-corrected chi connectivity index (χ1v) is 11.8. The summed E-state index contributed by atoms with van der Waals surface area (Å²) in [4.78, 5) is 18.0. The van der Waals surface area contributed by atoms with Gasteiger partial charge in [-0.05, 0) is 18.2 Å². The lowest BCUT2D eigenvalue weighted by Crippen LogP contribution is -2.01. The third kappa shape index (κ3) is 8.50. The van der Waals surface area contributed by atoms with Crippen molar-refractivity contribution in [3.8, 4) is 17.2 Å². The first-order valence-electron chi connectivity index (χ1n) is 8.53. The molecule has 0 unspecified atom stereocenters. The van der Waals surface area contributed by atoms with E-state index in [9.17, 15) is 13.0 Å². The Hall–Kier alpha value is -2.72. The minimum absolute atomic E-state index is 0.0831. The molecule has 12 heteroatoms. The summed E-state index contributed by atoms with van der Waals surface area (Å²) in [6, 6.07) is 3.15. The Balaban J connectivity index is 3.16. The largest absolute Gasteiger partial charge is 0.524 e. The van der Waals surface area contributed by atoms with E-state index in [1.807, 2.05) is 0 Å². The van der Waals surface area contributed by atoms with Crippen molar-refractivity contribution in [1.29, 1.82) is 0 Å². The van der Waals surface area contributed by atoms with Crippen LogP contribution in [-0.2, 0) is 23.7 Å². The molecule has 2 N–H and O–H groups in total. The molecule has 0 aliphatic carbocycles. The molecule has 0 saturated heterocycles. The zero-order valence-electron chi connectivity index (χ0n) is 17.5. The van der Waals surface area contributed by atoms with E-state index in [0.29, 0.717) is 22.8 Å². The Morgan fingerprint density at radius 2 is 1.65 bits per heavy atom. The summed E-state index contributed by atoms with van der Waals surface area (Å²) in [6.45, 7) is 3.44. The Kier molecular flexibility index (Phi) is 9.86. The molecule has 1 rings (SSSR count). The van der Waals surface area contributed by atoms with Gasteiger partial charge in [0.15, 0.2) is 21.4 Å². The molecule has 0 saturated carbocycles. The monoisotopic (exact) mass is 476 g/mol. The Morgan fingerprint density at radius 1 is 1.06 bits per heavy atom. The molecule has 0 spiro atoms. The summed E-state index contributed by atoms with van der Waals surface area (Å²) < 4.78 is 61.0. The van der Waals surface area contributed by atoms with E-state index < -0.39 is 23.4 Å². The number of hydrogen-bond acceptors (Lipinski definition) is 8. The summed E-state index contributed by atoms with van der Waals surface area (Å²) in [7, 11) is -3.12. The maximum atomic E-state index is 12.4. The van der Waals surface area contributed by atoms with Crippen LogP contribution in [0.1, 0.15) is 5.56 Å². The SMILES string of the molecule is C=C/C(OC)=C(\C=C\CS(=O)(=O)/C=C/c1c(OC)cc(OC)cc1OC)OP(=O)(O)O. The van der Waals surface area contributed by atoms with Crippen molar-refractivity contribution in [2.24, 2.45) is 0 Å². The normalized spacial score (nSPS) is 13.1. The van der Waals surface area contributed by atoms with Crippen molar-refractivity contribution < 1.29 is 46.2 Å². The van der Waals surface area contributed by atoms with Crippen molar-refractivity contribution in [3.63, 3.8) is 0 Å². The van der Waals surface area contributed by atoms with E-state index >= 15 is 0 Å². The van der Waals surface area contributed by atoms with Crippen LogP contribution in [0.25, 0.3) is 6.08 Å². The lowest BCUT2D eigenvalue weighted by Gasteiger charge is -2.12. The fourth-order valence-corrected chi connectivity index (χ4v) is 3.51. The molecule has 0 fully saturated rings. The highest BCUT2D eigenvalue weighted by molar-refractivity contribution is 7.94. The molecule has 0 aliphatic rings. The molecule has 0 aliphatic heterocycles. The second-order valence-electron chi connectivity index (χ2n) is 5.70. The van der Waals surface area contributed by atoms with Crippen LogP contribution in [0.5, 0.6) is 17.2 Å². The lowest BCUT2D eigenvalue weighted by atomic mass is 10.1. The number of phosphoric ester groups is 1. The van der Waals surface area contributed by atoms with E-state index in [4.69, 9.17) is 28.7 Å². The van der Waals surface area contributed by atoms with E-state index in [1.165, 1.54) is 34.5 Å².